The van der Waals surface area contributed by atoms with E-state index in [4.69, 9.17) is 11.6 Å². The van der Waals surface area contributed by atoms with Gasteiger partial charge in [0, 0.05) is 42.8 Å². The van der Waals surface area contributed by atoms with Crippen LogP contribution in [0.2, 0.25) is 5.02 Å². The summed E-state index contributed by atoms with van der Waals surface area (Å²) < 4.78 is 0. The second kappa shape index (κ2) is 8.13. The summed E-state index contributed by atoms with van der Waals surface area (Å²) in [6, 6.07) is 7.24. The number of nitrogens with one attached hydrogen (secondary N) is 1. The number of hydrogen-bond donors (Lipinski definition) is 1. The smallest absolute Gasteiger partial charge is 0.227 e. The van der Waals surface area contributed by atoms with Crippen molar-refractivity contribution in [2.24, 2.45) is 5.92 Å². The maximum Gasteiger partial charge on any atom is 0.227 e. The molecule has 0 saturated carbocycles. The van der Waals surface area contributed by atoms with E-state index in [-0.39, 0.29) is 11.8 Å². The maximum absolute atomic E-state index is 12.6. The minimum absolute atomic E-state index is 0.0248. The maximum atomic E-state index is 12.6. The molecule has 7 heteroatoms. The molecule has 0 bridgehead atoms. The molecule has 2 saturated heterocycles. The first-order valence-corrected chi connectivity index (χ1v) is 9.95. The summed E-state index contributed by atoms with van der Waals surface area (Å²) in [5, 5.41) is 3.67. The van der Waals surface area contributed by atoms with Crippen LogP contribution >= 0.6 is 11.6 Å². The second-order valence-electron chi connectivity index (χ2n) is 7.18. The minimum Gasteiger partial charge on any atom is -0.367 e. The van der Waals surface area contributed by atoms with Crippen LogP contribution in [0, 0.1) is 5.92 Å². The Balaban J connectivity index is 1.38. The largest absolute Gasteiger partial charge is 0.367 e. The molecular weight excluding hydrogens is 362 g/mol. The molecule has 2 aliphatic rings. The van der Waals surface area contributed by atoms with Gasteiger partial charge in [-0.15, -0.1) is 0 Å². The summed E-state index contributed by atoms with van der Waals surface area (Å²) in [6.45, 7) is 3.80. The van der Waals surface area contributed by atoms with Crippen LogP contribution in [-0.4, -0.2) is 42.1 Å². The number of rotatable bonds is 4. The Bertz CT molecular complexity index is 783. The normalized spacial score (nSPS) is 18.0. The summed E-state index contributed by atoms with van der Waals surface area (Å²) in [5.41, 5.74) is 1.88. The Kier molecular flexibility index (Phi) is 5.43. The van der Waals surface area contributed by atoms with Gasteiger partial charge in [-0.1, -0.05) is 11.6 Å². The minimum atomic E-state index is 0.0248. The zero-order chi connectivity index (χ0) is 18.6. The summed E-state index contributed by atoms with van der Waals surface area (Å²) in [4.78, 5) is 26.0. The molecule has 1 N–H and O–H groups in total. The fourth-order valence-electron chi connectivity index (χ4n) is 3.87. The van der Waals surface area contributed by atoms with Crippen molar-refractivity contribution >= 4 is 34.7 Å². The van der Waals surface area contributed by atoms with Crippen LogP contribution < -0.4 is 15.1 Å². The summed E-state index contributed by atoms with van der Waals surface area (Å²) in [7, 11) is 0. The molecule has 2 aliphatic heterocycles. The van der Waals surface area contributed by atoms with Crippen LogP contribution in [0.15, 0.2) is 36.8 Å². The highest BCUT2D eigenvalue weighted by molar-refractivity contribution is 6.30. The zero-order valence-electron chi connectivity index (χ0n) is 15.3. The highest BCUT2D eigenvalue weighted by Gasteiger charge is 2.28. The molecule has 2 aromatic rings. The predicted octanol–water partition coefficient (Wildman–Crippen LogP) is 3.59. The summed E-state index contributed by atoms with van der Waals surface area (Å²) >= 11 is 5.90. The molecule has 1 aromatic heterocycles. The molecule has 4 rings (SSSR count). The van der Waals surface area contributed by atoms with E-state index in [0.29, 0.717) is 5.02 Å². The number of carbonyl (C=O) groups excluding carboxylic acids is 1. The zero-order valence-corrected chi connectivity index (χ0v) is 16.0. The van der Waals surface area contributed by atoms with Gasteiger partial charge in [0.25, 0.3) is 0 Å². The Morgan fingerprint density at radius 2 is 1.74 bits per heavy atom. The molecule has 142 valence electrons. The van der Waals surface area contributed by atoms with Crippen molar-refractivity contribution < 1.29 is 4.79 Å². The molecule has 27 heavy (non-hydrogen) atoms. The van der Waals surface area contributed by atoms with E-state index in [0.717, 1.165) is 56.2 Å². The highest BCUT2D eigenvalue weighted by Crippen LogP contribution is 2.32. The van der Waals surface area contributed by atoms with Crippen molar-refractivity contribution in [2.75, 3.05) is 41.3 Å². The lowest BCUT2D eigenvalue weighted by Crippen LogP contribution is -2.39. The van der Waals surface area contributed by atoms with Crippen LogP contribution in [0.3, 0.4) is 0 Å². The lowest BCUT2D eigenvalue weighted by molar-refractivity contribution is -0.120. The van der Waals surface area contributed by atoms with E-state index in [1.165, 1.54) is 12.8 Å². The lowest BCUT2D eigenvalue weighted by Gasteiger charge is -2.34. The van der Waals surface area contributed by atoms with Crippen LogP contribution in [-0.2, 0) is 4.79 Å². The molecule has 1 amide bonds. The number of halogens is 1. The van der Waals surface area contributed by atoms with Gasteiger partial charge in [0.15, 0.2) is 5.82 Å². The Labute approximate surface area is 164 Å². The van der Waals surface area contributed by atoms with Gasteiger partial charge in [-0.3, -0.25) is 4.79 Å². The molecule has 3 heterocycles. The van der Waals surface area contributed by atoms with Gasteiger partial charge in [0.05, 0.1) is 11.9 Å². The monoisotopic (exact) mass is 385 g/mol. The molecule has 2 fully saturated rings. The third-order valence-corrected chi connectivity index (χ3v) is 5.65. The number of aromatic nitrogens is 2. The van der Waals surface area contributed by atoms with Crippen molar-refractivity contribution in [3.63, 3.8) is 0 Å². The van der Waals surface area contributed by atoms with Gasteiger partial charge in [-0.2, -0.15) is 0 Å². The fourth-order valence-corrected chi connectivity index (χ4v) is 4.00. The predicted molar refractivity (Wildman–Crippen MR) is 108 cm³/mol. The molecule has 1 aromatic carbocycles. The highest BCUT2D eigenvalue weighted by atomic mass is 35.5. The number of nitrogens with zero attached hydrogens (tertiary/aromatic N) is 4. The third-order valence-electron chi connectivity index (χ3n) is 5.40. The van der Waals surface area contributed by atoms with Gasteiger partial charge in [-0.05, 0) is 49.9 Å². The standard InChI is InChI=1S/C20H24ClN5O/c21-16-3-5-17(6-4-16)24-20(27)15-7-11-25(12-8-15)18-13-22-14-23-19(18)26-9-1-2-10-26/h3-6,13-15H,1-2,7-12H2,(H,24,27). The molecule has 0 unspecified atom stereocenters. The Morgan fingerprint density at radius 1 is 1.04 bits per heavy atom. The second-order valence-corrected chi connectivity index (χ2v) is 7.62. The molecule has 0 atom stereocenters. The van der Waals surface area contributed by atoms with Crippen LogP contribution in [0.1, 0.15) is 25.7 Å². The first-order valence-electron chi connectivity index (χ1n) is 9.57. The fraction of sp³-hybridized carbons (Fsp3) is 0.450. The van der Waals surface area contributed by atoms with Gasteiger partial charge < -0.3 is 15.1 Å². The average Bonchev–Trinajstić information content (AvgIpc) is 3.24. The Hall–Kier alpha value is -2.34. The first kappa shape index (κ1) is 18.0. The van der Waals surface area contributed by atoms with Crippen LogP contribution in [0.4, 0.5) is 17.2 Å². The number of piperidine rings is 1. The van der Waals surface area contributed by atoms with E-state index in [1.807, 2.05) is 18.3 Å². The topological polar surface area (TPSA) is 61.4 Å². The molecular formula is C20H24ClN5O. The van der Waals surface area contributed by atoms with Gasteiger partial charge in [0.2, 0.25) is 5.91 Å². The number of benzene rings is 1. The number of anilines is 3. The van der Waals surface area contributed by atoms with Gasteiger partial charge in [0.1, 0.15) is 6.33 Å². The number of hydrogen-bond acceptors (Lipinski definition) is 5. The third kappa shape index (κ3) is 4.16. The van der Waals surface area contributed by atoms with E-state index in [2.05, 4.69) is 25.1 Å². The lowest BCUT2D eigenvalue weighted by atomic mass is 9.95. The van der Waals surface area contributed by atoms with Crippen molar-refractivity contribution in [1.82, 2.24) is 9.97 Å². The molecule has 0 aliphatic carbocycles. The summed E-state index contributed by atoms with van der Waals surface area (Å²) in [5.74, 6) is 1.14. The van der Waals surface area contributed by atoms with Crippen molar-refractivity contribution in [1.29, 1.82) is 0 Å². The van der Waals surface area contributed by atoms with Crippen LogP contribution in [0.25, 0.3) is 0 Å². The van der Waals surface area contributed by atoms with E-state index >= 15 is 0 Å². The number of amides is 1. The van der Waals surface area contributed by atoms with Crippen molar-refractivity contribution in [2.45, 2.75) is 25.7 Å². The van der Waals surface area contributed by atoms with Gasteiger partial charge in [-0.25, -0.2) is 9.97 Å². The molecule has 0 spiro atoms. The molecule has 0 radical (unpaired) electrons. The quantitative estimate of drug-likeness (QED) is 0.871. The van der Waals surface area contributed by atoms with Crippen molar-refractivity contribution in [3.05, 3.63) is 41.8 Å². The summed E-state index contributed by atoms with van der Waals surface area (Å²) in [6.07, 6.45) is 7.63. The SMILES string of the molecule is O=C(Nc1ccc(Cl)cc1)C1CCN(c2cncnc2N2CCCC2)CC1. The van der Waals surface area contributed by atoms with E-state index in [1.54, 1.807) is 18.5 Å². The average molecular weight is 386 g/mol. The first-order chi connectivity index (χ1) is 13.2. The van der Waals surface area contributed by atoms with Gasteiger partial charge >= 0.3 is 0 Å². The number of carbonyl (C=O) groups is 1. The van der Waals surface area contributed by atoms with E-state index < -0.39 is 0 Å². The van der Waals surface area contributed by atoms with E-state index in [9.17, 15) is 4.79 Å². The van der Waals surface area contributed by atoms with Crippen LogP contribution in [0.5, 0.6) is 0 Å². The Morgan fingerprint density at radius 3 is 2.44 bits per heavy atom. The molecule has 6 nitrogen and oxygen atoms in total. The van der Waals surface area contributed by atoms with Crippen molar-refractivity contribution in [3.8, 4) is 0 Å².